The first-order chi connectivity index (χ1) is 7.64. The van der Waals surface area contributed by atoms with E-state index >= 15 is 0 Å². The van der Waals surface area contributed by atoms with Crippen LogP contribution in [0.5, 0.6) is 5.75 Å². The first-order valence-corrected chi connectivity index (χ1v) is 5.60. The first-order valence-electron chi connectivity index (χ1n) is 5.60. The minimum atomic E-state index is -0.397. The number of rotatable bonds is 2. The number of benzene rings is 1. The Labute approximate surface area is 96.0 Å². The topological polar surface area (TPSA) is 38.7 Å². The molecule has 1 heterocycles. The van der Waals surface area contributed by atoms with Gasteiger partial charge in [-0.15, -0.1) is 0 Å². The highest BCUT2D eigenvalue weighted by Crippen LogP contribution is 2.35. The molecule has 1 aromatic carbocycles. The molecule has 0 radical (unpaired) electrons. The van der Waals surface area contributed by atoms with Crippen molar-refractivity contribution in [3.8, 4) is 5.75 Å². The maximum atomic E-state index is 9.72. The van der Waals surface area contributed by atoms with Crippen molar-refractivity contribution in [1.29, 1.82) is 0 Å². The van der Waals surface area contributed by atoms with E-state index in [9.17, 15) is 5.11 Å². The maximum Gasteiger partial charge on any atom is 0.119 e. The number of aliphatic hydroxyl groups is 1. The summed E-state index contributed by atoms with van der Waals surface area (Å²) in [5.41, 5.74) is 0.664. The molecule has 2 atom stereocenters. The summed E-state index contributed by atoms with van der Waals surface area (Å²) in [6.07, 6.45) is 1.09. The van der Waals surface area contributed by atoms with Crippen LogP contribution in [0.25, 0.3) is 0 Å². The minimum Gasteiger partial charge on any atom is -0.497 e. The fraction of sp³-hybridized carbons (Fsp3) is 0.538. The summed E-state index contributed by atoms with van der Waals surface area (Å²) < 4.78 is 11.0. The fourth-order valence-electron chi connectivity index (χ4n) is 2.18. The number of hydrogen-bond acceptors (Lipinski definition) is 3. The third-order valence-corrected chi connectivity index (χ3v) is 3.18. The van der Waals surface area contributed by atoms with Gasteiger partial charge in [0.2, 0.25) is 0 Å². The van der Waals surface area contributed by atoms with Crippen molar-refractivity contribution in [3.63, 3.8) is 0 Å². The molecule has 1 N–H and O–H groups in total. The molecule has 0 bridgehead atoms. The molecule has 3 nitrogen and oxygen atoms in total. The van der Waals surface area contributed by atoms with E-state index in [1.54, 1.807) is 7.11 Å². The third kappa shape index (κ3) is 2.20. The SMILES string of the molecule is COc1cccc(C2(C)CC(O)CCO2)c1. The van der Waals surface area contributed by atoms with Crippen LogP contribution in [0.3, 0.4) is 0 Å². The van der Waals surface area contributed by atoms with Crippen LogP contribution in [0.4, 0.5) is 0 Å². The predicted molar refractivity (Wildman–Crippen MR) is 61.5 cm³/mol. The second-order valence-corrected chi connectivity index (χ2v) is 4.46. The number of hydrogen-bond donors (Lipinski definition) is 1. The van der Waals surface area contributed by atoms with Crippen molar-refractivity contribution >= 4 is 0 Å². The van der Waals surface area contributed by atoms with Gasteiger partial charge in [-0.1, -0.05) is 12.1 Å². The molecule has 1 aliphatic heterocycles. The van der Waals surface area contributed by atoms with Gasteiger partial charge < -0.3 is 14.6 Å². The molecule has 0 aromatic heterocycles. The average Bonchev–Trinajstić information content (AvgIpc) is 2.29. The summed E-state index contributed by atoms with van der Waals surface area (Å²) in [6, 6.07) is 7.84. The summed E-state index contributed by atoms with van der Waals surface area (Å²) in [7, 11) is 1.65. The largest absolute Gasteiger partial charge is 0.497 e. The van der Waals surface area contributed by atoms with Crippen LogP contribution in [0.2, 0.25) is 0 Å². The normalized spacial score (nSPS) is 30.1. The number of methoxy groups -OCH3 is 1. The Balaban J connectivity index is 2.27. The standard InChI is InChI=1S/C13H18O3/c1-13(9-11(14)6-7-16-13)10-4-3-5-12(8-10)15-2/h3-5,8,11,14H,6-7,9H2,1-2H3. The van der Waals surface area contributed by atoms with Crippen LogP contribution in [0.1, 0.15) is 25.3 Å². The molecular weight excluding hydrogens is 204 g/mol. The van der Waals surface area contributed by atoms with Crippen LogP contribution in [-0.2, 0) is 10.3 Å². The van der Waals surface area contributed by atoms with Gasteiger partial charge in [-0.3, -0.25) is 0 Å². The second-order valence-electron chi connectivity index (χ2n) is 4.46. The molecule has 1 fully saturated rings. The Bertz CT molecular complexity index is 364. The minimum absolute atomic E-state index is 0.273. The van der Waals surface area contributed by atoms with E-state index < -0.39 is 5.60 Å². The number of aliphatic hydroxyl groups excluding tert-OH is 1. The monoisotopic (exact) mass is 222 g/mol. The molecule has 88 valence electrons. The zero-order valence-electron chi connectivity index (χ0n) is 9.77. The van der Waals surface area contributed by atoms with Gasteiger partial charge in [-0.25, -0.2) is 0 Å². The molecular formula is C13H18O3. The van der Waals surface area contributed by atoms with Crippen LogP contribution in [-0.4, -0.2) is 24.9 Å². The Kier molecular flexibility index (Phi) is 3.17. The van der Waals surface area contributed by atoms with Crippen molar-refractivity contribution in [2.75, 3.05) is 13.7 Å². The van der Waals surface area contributed by atoms with Gasteiger partial charge in [-0.2, -0.15) is 0 Å². The molecule has 1 aromatic rings. The second kappa shape index (κ2) is 4.44. The molecule has 0 saturated carbocycles. The van der Waals surface area contributed by atoms with Crippen LogP contribution < -0.4 is 4.74 Å². The lowest BCUT2D eigenvalue weighted by Gasteiger charge is -2.37. The highest BCUT2D eigenvalue weighted by Gasteiger charge is 2.34. The van der Waals surface area contributed by atoms with Crippen molar-refractivity contribution in [3.05, 3.63) is 29.8 Å². The van der Waals surface area contributed by atoms with Crippen molar-refractivity contribution in [2.45, 2.75) is 31.5 Å². The summed E-state index contributed by atoms with van der Waals surface area (Å²) in [4.78, 5) is 0. The Morgan fingerprint density at radius 1 is 1.50 bits per heavy atom. The van der Waals surface area contributed by atoms with Crippen LogP contribution >= 0.6 is 0 Å². The first kappa shape index (κ1) is 11.4. The van der Waals surface area contributed by atoms with Gasteiger partial charge in [0, 0.05) is 6.42 Å². The molecule has 3 heteroatoms. The molecule has 0 spiro atoms. The van der Waals surface area contributed by atoms with E-state index in [4.69, 9.17) is 9.47 Å². The van der Waals surface area contributed by atoms with Crippen LogP contribution in [0, 0.1) is 0 Å². The summed E-state index contributed by atoms with van der Waals surface area (Å²) in [5, 5.41) is 9.72. The lowest BCUT2D eigenvalue weighted by Crippen LogP contribution is -2.37. The highest BCUT2D eigenvalue weighted by atomic mass is 16.5. The lowest BCUT2D eigenvalue weighted by atomic mass is 9.87. The van der Waals surface area contributed by atoms with Crippen molar-refractivity contribution in [1.82, 2.24) is 0 Å². The smallest absolute Gasteiger partial charge is 0.119 e. The van der Waals surface area contributed by atoms with E-state index in [1.807, 2.05) is 31.2 Å². The summed E-state index contributed by atoms with van der Waals surface area (Å²) in [6.45, 7) is 2.62. The van der Waals surface area contributed by atoms with E-state index in [0.717, 1.165) is 17.7 Å². The Hall–Kier alpha value is -1.06. The zero-order chi connectivity index (χ0) is 11.6. The molecule has 1 aliphatic rings. The van der Waals surface area contributed by atoms with E-state index in [2.05, 4.69) is 0 Å². The van der Waals surface area contributed by atoms with E-state index in [-0.39, 0.29) is 6.10 Å². The molecule has 0 aliphatic carbocycles. The lowest BCUT2D eigenvalue weighted by molar-refractivity contribution is -0.112. The fourth-order valence-corrected chi connectivity index (χ4v) is 2.18. The van der Waals surface area contributed by atoms with Crippen LogP contribution in [0.15, 0.2) is 24.3 Å². The molecule has 2 rings (SSSR count). The molecule has 1 saturated heterocycles. The molecule has 0 amide bonds. The maximum absolute atomic E-state index is 9.72. The Morgan fingerprint density at radius 2 is 2.31 bits per heavy atom. The van der Waals surface area contributed by atoms with Crippen molar-refractivity contribution < 1.29 is 14.6 Å². The van der Waals surface area contributed by atoms with E-state index in [1.165, 1.54) is 0 Å². The summed E-state index contributed by atoms with van der Waals surface area (Å²) in [5.74, 6) is 0.822. The predicted octanol–water partition coefficient (Wildman–Crippen LogP) is 2.08. The average molecular weight is 222 g/mol. The van der Waals surface area contributed by atoms with Gasteiger partial charge in [-0.05, 0) is 31.0 Å². The van der Waals surface area contributed by atoms with Gasteiger partial charge in [0.15, 0.2) is 0 Å². The van der Waals surface area contributed by atoms with Gasteiger partial charge >= 0.3 is 0 Å². The quantitative estimate of drug-likeness (QED) is 0.832. The summed E-state index contributed by atoms with van der Waals surface area (Å²) >= 11 is 0. The molecule has 16 heavy (non-hydrogen) atoms. The number of ether oxygens (including phenoxy) is 2. The third-order valence-electron chi connectivity index (χ3n) is 3.18. The Morgan fingerprint density at radius 3 is 3.00 bits per heavy atom. The van der Waals surface area contributed by atoms with E-state index in [0.29, 0.717) is 13.0 Å². The molecule has 2 unspecified atom stereocenters. The highest BCUT2D eigenvalue weighted by molar-refractivity contribution is 5.32. The zero-order valence-corrected chi connectivity index (χ0v) is 9.77. The van der Waals surface area contributed by atoms with Gasteiger partial charge in [0.25, 0.3) is 0 Å². The van der Waals surface area contributed by atoms with Crippen molar-refractivity contribution in [2.24, 2.45) is 0 Å². The van der Waals surface area contributed by atoms with Gasteiger partial charge in [0.1, 0.15) is 5.75 Å². The van der Waals surface area contributed by atoms with Gasteiger partial charge in [0.05, 0.1) is 25.4 Å².